The lowest BCUT2D eigenvalue weighted by molar-refractivity contribution is -0.149. The molecule has 0 aliphatic heterocycles. The highest BCUT2D eigenvalue weighted by atomic mass is 33.1. The van der Waals surface area contributed by atoms with Gasteiger partial charge in [0.2, 0.25) is 0 Å². The van der Waals surface area contributed by atoms with Gasteiger partial charge in [-0.15, -0.1) is 0 Å². The molecule has 0 radical (unpaired) electrons. The molecule has 8 nitrogen and oxygen atoms in total. The van der Waals surface area contributed by atoms with Crippen LogP contribution in [0.15, 0.2) is 0 Å². The molecular formula is C41H80N2O6S2. The van der Waals surface area contributed by atoms with E-state index in [0.29, 0.717) is 12.3 Å². The van der Waals surface area contributed by atoms with Gasteiger partial charge in [0.1, 0.15) is 19.8 Å². The van der Waals surface area contributed by atoms with Crippen LogP contribution in [-0.4, -0.2) is 73.9 Å². The van der Waals surface area contributed by atoms with Crippen molar-refractivity contribution < 1.29 is 28.6 Å². The minimum absolute atomic E-state index is 0.0988. The Balaban J connectivity index is 5.21. The lowest BCUT2D eigenvalue weighted by Gasteiger charge is -2.23. The standard InChI is InChI=1S/C41H80N2O6S2/c1-5-9-13-17-19-23-27-37(25-21-15-11-7-3)39(44)47-32-30-43(41(46)49-34-36-51-50-35-29-42)31-33-48-40(45)38(26-22-16-12-8-4)28-24-20-18-14-10-6-2/h37-38H,5-36,42H2,1-4H3. The van der Waals surface area contributed by atoms with Crippen LogP contribution in [0, 0.1) is 11.8 Å². The second-order valence-corrected chi connectivity index (χ2v) is 16.8. The molecule has 0 saturated heterocycles. The maximum absolute atomic E-state index is 13.2. The average molecular weight is 761 g/mol. The summed E-state index contributed by atoms with van der Waals surface area (Å²) >= 11 is 0. The van der Waals surface area contributed by atoms with Crippen molar-refractivity contribution >= 4 is 39.6 Å². The number of nitrogens with two attached hydrogens (primary N) is 1. The fourth-order valence-corrected chi connectivity index (χ4v) is 7.88. The molecule has 0 heterocycles. The number of unbranched alkanes of at least 4 members (excludes halogenated alkanes) is 16. The maximum Gasteiger partial charge on any atom is 0.410 e. The minimum Gasteiger partial charge on any atom is -0.464 e. The van der Waals surface area contributed by atoms with Gasteiger partial charge in [0.05, 0.1) is 24.9 Å². The molecule has 0 aliphatic carbocycles. The third kappa shape index (κ3) is 31.0. The number of rotatable bonds is 38. The van der Waals surface area contributed by atoms with Crippen LogP contribution in [0.1, 0.15) is 182 Å². The van der Waals surface area contributed by atoms with Gasteiger partial charge in [-0.3, -0.25) is 9.59 Å². The summed E-state index contributed by atoms with van der Waals surface area (Å²) in [7, 11) is 3.29. The van der Waals surface area contributed by atoms with E-state index in [-0.39, 0.29) is 56.7 Å². The lowest BCUT2D eigenvalue weighted by Crippen LogP contribution is -2.38. The van der Waals surface area contributed by atoms with Gasteiger partial charge in [-0.25, -0.2) is 4.79 Å². The summed E-state index contributed by atoms with van der Waals surface area (Å²) in [5.74, 6) is 0.988. The van der Waals surface area contributed by atoms with Gasteiger partial charge < -0.3 is 24.8 Å². The third-order valence-corrected chi connectivity index (χ3v) is 11.8. The van der Waals surface area contributed by atoms with Crippen LogP contribution < -0.4 is 5.73 Å². The topological polar surface area (TPSA) is 108 Å². The zero-order chi connectivity index (χ0) is 37.6. The van der Waals surface area contributed by atoms with Gasteiger partial charge in [-0.05, 0) is 25.7 Å². The van der Waals surface area contributed by atoms with Crippen LogP contribution in [-0.2, 0) is 23.8 Å². The highest BCUT2D eigenvalue weighted by Gasteiger charge is 2.23. The number of hydrogen-bond donors (Lipinski definition) is 1. The molecule has 0 rings (SSSR count). The molecule has 0 aromatic carbocycles. The number of nitrogens with zero attached hydrogens (tertiary/aromatic N) is 1. The second kappa shape index (κ2) is 38.6. The average Bonchev–Trinajstić information content (AvgIpc) is 3.13. The number of amides is 1. The first-order valence-electron chi connectivity index (χ1n) is 21.1. The molecule has 0 aromatic heterocycles. The van der Waals surface area contributed by atoms with Crippen molar-refractivity contribution in [2.45, 2.75) is 182 Å². The van der Waals surface area contributed by atoms with Gasteiger partial charge >= 0.3 is 18.0 Å². The molecule has 302 valence electrons. The van der Waals surface area contributed by atoms with Gasteiger partial charge in [0, 0.05) is 18.1 Å². The van der Waals surface area contributed by atoms with Crippen LogP contribution in [0.3, 0.4) is 0 Å². The number of carbonyl (C=O) groups excluding carboxylic acids is 3. The highest BCUT2D eigenvalue weighted by molar-refractivity contribution is 8.76. The van der Waals surface area contributed by atoms with E-state index in [4.69, 9.17) is 19.9 Å². The van der Waals surface area contributed by atoms with Crippen LogP contribution in [0.5, 0.6) is 0 Å². The lowest BCUT2D eigenvalue weighted by atomic mass is 9.94. The minimum atomic E-state index is -0.474. The molecule has 0 fully saturated rings. The Bertz CT molecular complexity index is 756. The SMILES string of the molecule is CCCCCCCCC(CCCCCC)C(=O)OCCN(CCOC(=O)C(CCCCCC)CCCCCCCC)C(=O)OCCSSCCN. The number of ether oxygens (including phenoxy) is 3. The largest absolute Gasteiger partial charge is 0.464 e. The van der Waals surface area contributed by atoms with E-state index in [9.17, 15) is 14.4 Å². The van der Waals surface area contributed by atoms with Crippen LogP contribution in [0.2, 0.25) is 0 Å². The summed E-state index contributed by atoms with van der Waals surface area (Å²) in [6, 6.07) is 0. The Morgan fingerprint density at radius 3 is 1.24 bits per heavy atom. The molecule has 2 atom stereocenters. The van der Waals surface area contributed by atoms with E-state index in [1.165, 1.54) is 69.1 Å². The Hall–Kier alpha value is -1.13. The molecule has 0 bridgehead atoms. The van der Waals surface area contributed by atoms with Gasteiger partial charge in [-0.1, -0.05) is 178 Å². The summed E-state index contributed by atoms with van der Waals surface area (Å²) in [4.78, 5) is 41.2. The van der Waals surface area contributed by atoms with Crippen molar-refractivity contribution in [3.63, 3.8) is 0 Å². The van der Waals surface area contributed by atoms with Crippen LogP contribution >= 0.6 is 21.6 Å². The quantitative estimate of drug-likeness (QED) is 0.0285. The first-order chi connectivity index (χ1) is 24.9. The monoisotopic (exact) mass is 761 g/mol. The molecule has 0 aromatic rings. The first kappa shape index (κ1) is 49.9. The van der Waals surface area contributed by atoms with Gasteiger partial charge in [-0.2, -0.15) is 0 Å². The predicted octanol–water partition coefficient (Wildman–Crippen LogP) is 11.5. The predicted molar refractivity (Wildman–Crippen MR) is 219 cm³/mol. The molecule has 1 amide bonds. The molecule has 2 N–H and O–H groups in total. The Labute approximate surface area is 322 Å². The fourth-order valence-electron chi connectivity index (χ4n) is 6.20. The van der Waals surface area contributed by atoms with E-state index in [2.05, 4.69) is 27.7 Å². The normalized spacial score (nSPS) is 12.4. The van der Waals surface area contributed by atoms with Gasteiger partial charge in [0.25, 0.3) is 0 Å². The summed E-state index contributed by atoms with van der Waals surface area (Å²) in [5, 5.41) is 0. The van der Waals surface area contributed by atoms with E-state index in [1.54, 1.807) is 21.6 Å². The van der Waals surface area contributed by atoms with Crippen molar-refractivity contribution in [3.8, 4) is 0 Å². The van der Waals surface area contributed by atoms with Crippen molar-refractivity contribution in [2.75, 3.05) is 51.0 Å². The van der Waals surface area contributed by atoms with E-state index in [1.807, 2.05) is 0 Å². The summed E-state index contributed by atoms with van der Waals surface area (Å²) in [6.07, 6.45) is 26.3. The molecule has 51 heavy (non-hydrogen) atoms. The van der Waals surface area contributed by atoms with E-state index < -0.39 is 6.09 Å². The van der Waals surface area contributed by atoms with Crippen LogP contribution in [0.25, 0.3) is 0 Å². The molecule has 2 unspecified atom stereocenters. The highest BCUT2D eigenvalue weighted by Crippen LogP contribution is 2.23. The zero-order valence-electron chi connectivity index (χ0n) is 33.6. The Morgan fingerprint density at radius 1 is 0.490 bits per heavy atom. The first-order valence-corrected chi connectivity index (χ1v) is 23.6. The Kier molecular flexibility index (Phi) is 37.7. The van der Waals surface area contributed by atoms with E-state index >= 15 is 0 Å². The smallest absolute Gasteiger partial charge is 0.410 e. The number of hydrogen-bond acceptors (Lipinski definition) is 9. The summed E-state index contributed by atoms with van der Waals surface area (Å²) in [5.41, 5.74) is 5.57. The van der Waals surface area contributed by atoms with Crippen molar-refractivity contribution in [1.82, 2.24) is 4.90 Å². The molecular weight excluding hydrogens is 681 g/mol. The van der Waals surface area contributed by atoms with Gasteiger partial charge in [0.15, 0.2) is 0 Å². The second-order valence-electron chi connectivity index (χ2n) is 14.1. The fraction of sp³-hybridized carbons (Fsp3) is 0.927. The van der Waals surface area contributed by atoms with Crippen molar-refractivity contribution in [3.05, 3.63) is 0 Å². The number of carbonyl (C=O) groups is 3. The third-order valence-electron chi connectivity index (χ3n) is 9.44. The van der Waals surface area contributed by atoms with E-state index in [0.717, 1.165) is 95.6 Å². The summed E-state index contributed by atoms with van der Waals surface area (Å²) < 4.78 is 17.2. The summed E-state index contributed by atoms with van der Waals surface area (Å²) in [6.45, 7) is 10.3. The Morgan fingerprint density at radius 2 is 0.843 bits per heavy atom. The molecule has 10 heteroatoms. The van der Waals surface area contributed by atoms with Crippen LogP contribution in [0.4, 0.5) is 4.79 Å². The molecule has 0 aliphatic rings. The zero-order valence-corrected chi connectivity index (χ0v) is 35.2. The van der Waals surface area contributed by atoms with Crippen molar-refractivity contribution in [1.29, 1.82) is 0 Å². The van der Waals surface area contributed by atoms with Crippen molar-refractivity contribution in [2.24, 2.45) is 17.6 Å². The number of esters is 2. The molecule has 0 saturated carbocycles. The maximum atomic E-state index is 13.2. The molecule has 0 spiro atoms.